The molecule has 0 unspecified atom stereocenters. The lowest BCUT2D eigenvalue weighted by molar-refractivity contribution is -0.137. The SMILES string of the molecule is C=C(c1cccc(COc2ccc(C#N)cc2)c1)c1ccc(C#N)c(C(F)(F)F)c1. The highest BCUT2D eigenvalue weighted by atomic mass is 19.4. The smallest absolute Gasteiger partial charge is 0.417 e. The fraction of sp³-hybridized carbons (Fsp3) is 0.0833. The number of halogens is 3. The monoisotopic (exact) mass is 404 g/mol. The van der Waals surface area contributed by atoms with Gasteiger partial charge in [0.2, 0.25) is 0 Å². The molecule has 0 aromatic heterocycles. The summed E-state index contributed by atoms with van der Waals surface area (Å²) >= 11 is 0. The first kappa shape index (κ1) is 20.7. The Morgan fingerprint density at radius 1 is 0.900 bits per heavy atom. The standard InChI is InChI=1S/C24H15F3N2O/c1-16(20-7-8-21(14-29)23(12-20)24(25,26)27)19-4-2-3-18(11-19)15-30-22-9-5-17(13-28)6-10-22/h2-12H,1,15H2. The predicted molar refractivity (Wildman–Crippen MR) is 106 cm³/mol. The molecule has 0 bridgehead atoms. The second-order valence-electron chi connectivity index (χ2n) is 6.47. The zero-order chi connectivity index (χ0) is 21.7. The maximum absolute atomic E-state index is 13.2. The van der Waals surface area contributed by atoms with Crippen LogP contribution >= 0.6 is 0 Å². The van der Waals surface area contributed by atoms with Gasteiger partial charge in [-0.05, 0) is 64.7 Å². The zero-order valence-corrected chi connectivity index (χ0v) is 15.7. The van der Waals surface area contributed by atoms with Crippen LogP contribution in [0.5, 0.6) is 5.75 Å². The number of ether oxygens (including phenoxy) is 1. The van der Waals surface area contributed by atoms with Crippen LogP contribution in [-0.2, 0) is 12.8 Å². The molecule has 3 aromatic rings. The minimum atomic E-state index is -4.63. The molecule has 0 heterocycles. The molecule has 0 radical (unpaired) electrons. The van der Waals surface area contributed by atoms with Crippen LogP contribution in [0.3, 0.4) is 0 Å². The first-order chi connectivity index (χ1) is 14.3. The van der Waals surface area contributed by atoms with E-state index in [0.29, 0.717) is 22.4 Å². The van der Waals surface area contributed by atoms with Gasteiger partial charge in [0.25, 0.3) is 0 Å². The third kappa shape index (κ3) is 4.68. The molecule has 0 N–H and O–H groups in total. The number of hydrogen-bond acceptors (Lipinski definition) is 3. The largest absolute Gasteiger partial charge is 0.489 e. The summed E-state index contributed by atoms with van der Waals surface area (Å²) in [5.41, 5.74) is 1.27. The molecule has 0 saturated carbocycles. The lowest BCUT2D eigenvalue weighted by Crippen LogP contribution is -2.08. The molecular formula is C24H15F3N2O. The normalized spacial score (nSPS) is 10.7. The van der Waals surface area contributed by atoms with Crippen LogP contribution < -0.4 is 4.74 Å². The average molecular weight is 404 g/mol. The third-order valence-electron chi connectivity index (χ3n) is 4.46. The number of rotatable bonds is 5. The van der Waals surface area contributed by atoms with Crippen molar-refractivity contribution in [1.29, 1.82) is 10.5 Å². The van der Waals surface area contributed by atoms with E-state index >= 15 is 0 Å². The summed E-state index contributed by atoms with van der Waals surface area (Å²) in [4.78, 5) is 0. The molecule has 148 valence electrons. The van der Waals surface area contributed by atoms with Crippen molar-refractivity contribution >= 4 is 5.57 Å². The molecule has 3 aromatic carbocycles. The van der Waals surface area contributed by atoms with E-state index in [0.717, 1.165) is 17.7 Å². The number of nitrogens with zero attached hydrogens (tertiary/aromatic N) is 2. The van der Waals surface area contributed by atoms with E-state index < -0.39 is 17.3 Å². The van der Waals surface area contributed by atoms with E-state index in [4.69, 9.17) is 15.3 Å². The van der Waals surface area contributed by atoms with Crippen LogP contribution in [0.4, 0.5) is 13.2 Å². The first-order valence-corrected chi connectivity index (χ1v) is 8.84. The Bertz CT molecular complexity index is 1170. The van der Waals surface area contributed by atoms with Crippen LogP contribution in [0, 0.1) is 22.7 Å². The Kier molecular flexibility index (Phi) is 5.90. The zero-order valence-electron chi connectivity index (χ0n) is 15.7. The summed E-state index contributed by atoms with van der Waals surface area (Å²) in [6, 6.07) is 21.0. The van der Waals surface area contributed by atoms with Gasteiger partial charge in [-0.3, -0.25) is 0 Å². The summed E-state index contributed by atoms with van der Waals surface area (Å²) in [7, 11) is 0. The van der Waals surface area contributed by atoms with E-state index in [9.17, 15) is 13.2 Å². The highest BCUT2D eigenvalue weighted by molar-refractivity contribution is 5.79. The fourth-order valence-electron chi connectivity index (χ4n) is 2.87. The molecular weight excluding hydrogens is 389 g/mol. The number of alkyl halides is 3. The molecule has 30 heavy (non-hydrogen) atoms. The van der Waals surface area contributed by atoms with Crippen molar-refractivity contribution < 1.29 is 17.9 Å². The molecule has 3 nitrogen and oxygen atoms in total. The molecule has 0 aliphatic heterocycles. The average Bonchev–Trinajstić information content (AvgIpc) is 2.76. The molecule has 0 atom stereocenters. The van der Waals surface area contributed by atoms with Crippen LogP contribution in [-0.4, -0.2) is 0 Å². The van der Waals surface area contributed by atoms with Gasteiger partial charge in [-0.1, -0.05) is 30.8 Å². The van der Waals surface area contributed by atoms with Crippen molar-refractivity contribution in [1.82, 2.24) is 0 Å². The number of benzene rings is 3. The molecule has 0 amide bonds. The van der Waals surface area contributed by atoms with Gasteiger partial charge in [0.15, 0.2) is 0 Å². The molecule has 3 rings (SSSR count). The van der Waals surface area contributed by atoms with Gasteiger partial charge in [-0.15, -0.1) is 0 Å². The summed E-state index contributed by atoms with van der Waals surface area (Å²) in [5.74, 6) is 0.597. The van der Waals surface area contributed by atoms with E-state index in [2.05, 4.69) is 6.58 Å². The van der Waals surface area contributed by atoms with E-state index in [1.807, 2.05) is 12.1 Å². The van der Waals surface area contributed by atoms with Crippen molar-refractivity contribution in [3.05, 3.63) is 107 Å². The molecule has 0 fully saturated rings. The second-order valence-corrected chi connectivity index (χ2v) is 6.47. The van der Waals surface area contributed by atoms with E-state index in [1.165, 1.54) is 6.07 Å². The van der Waals surface area contributed by atoms with Gasteiger partial charge in [0, 0.05) is 0 Å². The Morgan fingerprint density at radius 3 is 2.23 bits per heavy atom. The lowest BCUT2D eigenvalue weighted by atomic mass is 9.95. The summed E-state index contributed by atoms with van der Waals surface area (Å²) in [5, 5.41) is 17.8. The van der Waals surface area contributed by atoms with Gasteiger partial charge in [-0.2, -0.15) is 23.7 Å². The minimum Gasteiger partial charge on any atom is -0.489 e. The number of nitriles is 2. The molecule has 0 aliphatic carbocycles. The first-order valence-electron chi connectivity index (χ1n) is 8.84. The van der Waals surface area contributed by atoms with E-state index in [-0.39, 0.29) is 12.2 Å². The predicted octanol–water partition coefficient (Wildman–Crippen LogP) is 6.09. The highest BCUT2D eigenvalue weighted by Gasteiger charge is 2.34. The molecule has 0 saturated heterocycles. The molecule has 6 heteroatoms. The van der Waals surface area contributed by atoms with Crippen molar-refractivity contribution in [3.8, 4) is 17.9 Å². The van der Waals surface area contributed by atoms with E-state index in [1.54, 1.807) is 48.5 Å². The van der Waals surface area contributed by atoms with Gasteiger partial charge in [-0.25, -0.2) is 0 Å². The Hall–Kier alpha value is -4.03. The molecule has 0 spiro atoms. The fourth-order valence-corrected chi connectivity index (χ4v) is 2.87. The van der Waals surface area contributed by atoms with Gasteiger partial charge in [0.05, 0.1) is 28.8 Å². The quantitative estimate of drug-likeness (QED) is 0.517. The second kappa shape index (κ2) is 8.55. The Morgan fingerprint density at radius 2 is 1.60 bits per heavy atom. The maximum Gasteiger partial charge on any atom is 0.417 e. The van der Waals surface area contributed by atoms with Crippen molar-refractivity contribution in [3.63, 3.8) is 0 Å². The lowest BCUT2D eigenvalue weighted by Gasteiger charge is -2.13. The van der Waals surface area contributed by atoms with Crippen molar-refractivity contribution in [2.24, 2.45) is 0 Å². The van der Waals surface area contributed by atoms with Gasteiger partial charge in [0.1, 0.15) is 12.4 Å². The van der Waals surface area contributed by atoms with Crippen molar-refractivity contribution in [2.75, 3.05) is 0 Å². The Labute approximate surface area is 171 Å². The maximum atomic E-state index is 13.2. The summed E-state index contributed by atoms with van der Waals surface area (Å²) < 4.78 is 45.4. The highest BCUT2D eigenvalue weighted by Crippen LogP contribution is 2.34. The minimum absolute atomic E-state index is 0.244. The molecule has 0 aliphatic rings. The van der Waals surface area contributed by atoms with Gasteiger partial charge >= 0.3 is 6.18 Å². The summed E-state index contributed by atoms with van der Waals surface area (Å²) in [6.07, 6.45) is -4.63. The number of hydrogen-bond donors (Lipinski definition) is 0. The summed E-state index contributed by atoms with van der Waals surface area (Å²) in [6.45, 7) is 4.17. The third-order valence-corrected chi connectivity index (χ3v) is 4.46. The topological polar surface area (TPSA) is 56.8 Å². The van der Waals surface area contributed by atoms with Crippen LogP contribution in [0.1, 0.15) is 33.4 Å². The van der Waals surface area contributed by atoms with Crippen LogP contribution in [0.2, 0.25) is 0 Å². The Balaban J connectivity index is 1.81. The van der Waals surface area contributed by atoms with Crippen molar-refractivity contribution in [2.45, 2.75) is 12.8 Å². The van der Waals surface area contributed by atoms with Gasteiger partial charge < -0.3 is 4.74 Å². The van der Waals surface area contributed by atoms with Crippen LogP contribution in [0.25, 0.3) is 5.57 Å². The van der Waals surface area contributed by atoms with Crippen LogP contribution in [0.15, 0.2) is 73.3 Å².